The molecular formula is C28H28FNO4S. The Morgan fingerprint density at radius 2 is 1.69 bits per heavy atom. The summed E-state index contributed by atoms with van der Waals surface area (Å²) in [6.45, 7) is 2.74. The fourth-order valence-corrected chi connectivity index (χ4v) is 4.60. The van der Waals surface area contributed by atoms with Gasteiger partial charge < -0.3 is 14.8 Å². The minimum Gasteiger partial charge on any atom is -0.493 e. The number of alkyl halides is 1. The highest BCUT2D eigenvalue weighted by Gasteiger charge is 2.49. The molecule has 0 radical (unpaired) electrons. The van der Waals surface area contributed by atoms with Gasteiger partial charge in [0.25, 0.3) is 16.1 Å². The van der Waals surface area contributed by atoms with Crippen molar-refractivity contribution in [3.05, 3.63) is 89.5 Å². The molecule has 1 saturated heterocycles. The molecule has 1 unspecified atom stereocenters. The molecule has 1 atom stereocenters. The summed E-state index contributed by atoms with van der Waals surface area (Å²) in [4.78, 5) is 23.1. The molecule has 0 aromatic heterocycles. The molecule has 0 bridgehead atoms. The molecule has 1 fully saturated rings. The fraction of sp³-hybridized carbons (Fsp3) is 0.286. The van der Waals surface area contributed by atoms with E-state index in [1.165, 1.54) is 0 Å². The molecule has 35 heavy (non-hydrogen) atoms. The van der Waals surface area contributed by atoms with Gasteiger partial charge in [-0.05, 0) is 67.1 Å². The van der Waals surface area contributed by atoms with Crippen LogP contribution in [-0.2, 0) is 23.4 Å². The maximum Gasteiger partial charge on any atom is 0.289 e. The number of carbonyl (C=O) groups is 2. The number of amides is 1. The van der Waals surface area contributed by atoms with Gasteiger partial charge in [0.2, 0.25) is 0 Å². The molecule has 0 saturated carbocycles. The van der Waals surface area contributed by atoms with Crippen molar-refractivity contribution in [3.63, 3.8) is 0 Å². The van der Waals surface area contributed by atoms with Gasteiger partial charge in [0.15, 0.2) is 0 Å². The van der Waals surface area contributed by atoms with E-state index in [1.807, 2.05) is 48.5 Å². The highest BCUT2D eigenvalue weighted by atomic mass is 32.2. The quantitative estimate of drug-likeness (QED) is 0.232. The van der Waals surface area contributed by atoms with E-state index in [9.17, 15) is 14.0 Å². The molecule has 0 aliphatic carbocycles. The number of hydrogen-bond donors (Lipinski definition) is 1. The van der Waals surface area contributed by atoms with E-state index >= 15 is 0 Å². The summed E-state index contributed by atoms with van der Waals surface area (Å²) in [7, 11) is 0. The lowest BCUT2D eigenvalue weighted by atomic mass is 10.0. The molecule has 4 rings (SSSR count). The van der Waals surface area contributed by atoms with Crippen molar-refractivity contribution >= 4 is 22.1 Å². The topological polar surface area (TPSA) is 64.6 Å². The Morgan fingerprint density at radius 1 is 0.914 bits per heavy atom. The van der Waals surface area contributed by atoms with Crippen LogP contribution in [0.25, 0.3) is 0 Å². The summed E-state index contributed by atoms with van der Waals surface area (Å²) in [6, 6.07) is 22.4. The number of carbonyl (C=O) groups excluding carboxylic acids is 2. The first-order valence-corrected chi connectivity index (χ1v) is 12.6. The molecule has 1 aliphatic heterocycles. The van der Waals surface area contributed by atoms with E-state index in [1.54, 1.807) is 24.3 Å². The van der Waals surface area contributed by atoms with Gasteiger partial charge >= 0.3 is 0 Å². The Bertz CT molecular complexity index is 1170. The maximum atomic E-state index is 14.8. The van der Waals surface area contributed by atoms with Crippen LogP contribution in [0, 0.1) is 0 Å². The molecule has 182 valence electrons. The first-order chi connectivity index (χ1) is 17.0. The number of rotatable bonds is 11. The SMILES string of the molecule is CCCc1cc(Oc2ccccc2)ccc1OCCCCc1ccc(C2(F)NC(=O)SC2=O)cc1. The van der Waals surface area contributed by atoms with Crippen molar-refractivity contribution in [1.82, 2.24) is 5.32 Å². The van der Waals surface area contributed by atoms with Crippen LogP contribution in [0.4, 0.5) is 9.18 Å². The Kier molecular flexibility index (Phi) is 8.08. The molecule has 1 aliphatic rings. The average molecular weight is 494 g/mol. The van der Waals surface area contributed by atoms with Gasteiger partial charge in [-0.3, -0.25) is 9.59 Å². The zero-order chi connectivity index (χ0) is 24.7. The second-order valence-corrected chi connectivity index (χ2v) is 9.34. The van der Waals surface area contributed by atoms with E-state index in [0.29, 0.717) is 18.4 Å². The lowest BCUT2D eigenvalue weighted by molar-refractivity contribution is -0.122. The van der Waals surface area contributed by atoms with Crippen molar-refractivity contribution in [2.24, 2.45) is 0 Å². The number of hydrogen-bond acceptors (Lipinski definition) is 5. The zero-order valence-electron chi connectivity index (χ0n) is 19.6. The van der Waals surface area contributed by atoms with Gasteiger partial charge in [-0.15, -0.1) is 0 Å². The summed E-state index contributed by atoms with van der Waals surface area (Å²) in [5.41, 5.74) is 2.32. The highest BCUT2D eigenvalue weighted by Crippen LogP contribution is 2.35. The van der Waals surface area contributed by atoms with Crippen molar-refractivity contribution in [2.75, 3.05) is 6.61 Å². The Morgan fingerprint density at radius 3 is 2.37 bits per heavy atom. The van der Waals surface area contributed by atoms with Crippen LogP contribution < -0.4 is 14.8 Å². The minimum atomic E-state index is -2.44. The number of benzene rings is 3. The third-order valence-corrected chi connectivity index (χ3v) is 6.49. The van der Waals surface area contributed by atoms with Gasteiger partial charge in [-0.2, -0.15) is 0 Å². The molecular weight excluding hydrogens is 465 g/mol. The Balaban J connectivity index is 1.26. The predicted octanol–water partition coefficient (Wildman–Crippen LogP) is 6.94. The Labute approximate surface area is 209 Å². The summed E-state index contributed by atoms with van der Waals surface area (Å²) >= 11 is 0.364. The summed E-state index contributed by atoms with van der Waals surface area (Å²) in [6.07, 6.45) is 4.50. The van der Waals surface area contributed by atoms with Crippen LogP contribution in [-0.4, -0.2) is 17.0 Å². The van der Waals surface area contributed by atoms with Crippen LogP contribution in [0.5, 0.6) is 17.2 Å². The Hall–Kier alpha value is -3.32. The number of ether oxygens (including phenoxy) is 2. The number of para-hydroxylation sites is 1. The van der Waals surface area contributed by atoms with E-state index in [4.69, 9.17) is 9.47 Å². The summed E-state index contributed by atoms with van der Waals surface area (Å²) < 4.78 is 26.8. The predicted molar refractivity (Wildman–Crippen MR) is 136 cm³/mol. The second kappa shape index (κ2) is 11.4. The van der Waals surface area contributed by atoms with Crippen LogP contribution in [0.2, 0.25) is 0 Å². The largest absolute Gasteiger partial charge is 0.493 e. The van der Waals surface area contributed by atoms with Gasteiger partial charge in [0.05, 0.1) is 6.61 Å². The third-order valence-electron chi connectivity index (χ3n) is 5.74. The summed E-state index contributed by atoms with van der Waals surface area (Å²) in [5.74, 6) is 0.0391. The minimum absolute atomic E-state index is 0.149. The smallest absolute Gasteiger partial charge is 0.289 e. The first-order valence-electron chi connectivity index (χ1n) is 11.8. The average Bonchev–Trinajstić information content (AvgIpc) is 3.13. The number of nitrogens with one attached hydrogen (secondary N) is 1. The van der Waals surface area contributed by atoms with E-state index in [-0.39, 0.29) is 5.56 Å². The van der Waals surface area contributed by atoms with Crippen LogP contribution >= 0.6 is 11.8 Å². The normalized spacial score (nSPS) is 17.3. The fourth-order valence-electron chi connectivity index (χ4n) is 3.93. The number of unbranched alkanes of at least 4 members (excludes halogenated alkanes) is 1. The number of thioether (sulfide) groups is 1. The lowest BCUT2D eigenvalue weighted by Crippen LogP contribution is -2.38. The van der Waals surface area contributed by atoms with Gasteiger partial charge in [0, 0.05) is 17.3 Å². The van der Waals surface area contributed by atoms with Gasteiger partial charge in [-0.25, -0.2) is 4.39 Å². The molecule has 1 heterocycles. The highest BCUT2D eigenvalue weighted by molar-refractivity contribution is 8.26. The third kappa shape index (κ3) is 6.22. The molecule has 1 amide bonds. The van der Waals surface area contributed by atoms with Crippen molar-refractivity contribution in [2.45, 2.75) is 44.8 Å². The van der Waals surface area contributed by atoms with Crippen molar-refractivity contribution < 1.29 is 23.5 Å². The number of halogens is 1. The lowest BCUT2D eigenvalue weighted by Gasteiger charge is -2.17. The second-order valence-electron chi connectivity index (χ2n) is 8.40. The monoisotopic (exact) mass is 493 g/mol. The van der Waals surface area contributed by atoms with E-state index in [2.05, 4.69) is 12.2 Å². The molecule has 7 heteroatoms. The van der Waals surface area contributed by atoms with E-state index < -0.39 is 16.1 Å². The summed E-state index contributed by atoms with van der Waals surface area (Å²) in [5, 5.41) is 0.614. The molecule has 0 spiro atoms. The maximum absolute atomic E-state index is 14.8. The standard InChI is InChI=1S/C28H28FNO4S/c1-2-8-21-19-24(34-23-10-4-3-5-11-23)16-17-25(21)33-18-7-6-9-20-12-14-22(15-13-20)28(29)26(31)35-27(32)30-28/h3-5,10-17,19H,2,6-9,18H2,1H3,(H,30,32). The van der Waals surface area contributed by atoms with Crippen LogP contribution in [0.1, 0.15) is 42.9 Å². The van der Waals surface area contributed by atoms with Crippen LogP contribution in [0.15, 0.2) is 72.8 Å². The number of aryl methyl sites for hydroxylation is 2. The molecule has 5 nitrogen and oxygen atoms in total. The molecule has 3 aromatic carbocycles. The van der Waals surface area contributed by atoms with Gasteiger partial charge in [0.1, 0.15) is 17.2 Å². The van der Waals surface area contributed by atoms with Crippen molar-refractivity contribution in [1.29, 1.82) is 0 Å². The van der Waals surface area contributed by atoms with Crippen molar-refractivity contribution in [3.8, 4) is 17.2 Å². The zero-order valence-corrected chi connectivity index (χ0v) is 20.4. The molecule has 1 N–H and O–H groups in total. The van der Waals surface area contributed by atoms with Gasteiger partial charge in [-0.1, -0.05) is 55.8 Å². The van der Waals surface area contributed by atoms with Crippen LogP contribution in [0.3, 0.4) is 0 Å². The first kappa shape index (κ1) is 24.8. The molecule has 3 aromatic rings. The van der Waals surface area contributed by atoms with E-state index in [0.717, 1.165) is 60.5 Å².